The molecule has 0 unspecified atom stereocenters. The minimum Gasteiger partial charge on any atom is -0.321 e. The van der Waals surface area contributed by atoms with Gasteiger partial charge in [-0.3, -0.25) is 9.52 Å². The van der Waals surface area contributed by atoms with Crippen LogP contribution in [0.2, 0.25) is 0 Å². The zero-order valence-corrected chi connectivity index (χ0v) is 18.4. The molecular weight excluding hydrogens is 453 g/mol. The van der Waals surface area contributed by atoms with Gasteiger partial charge < -0.3 is 5.32 Å². The van der Waals surface area contributed by atoms with Crippen molar-refractivity contribution >= 4 is 39.0 Å². The average molecular weight is 472 g/mol. The highest BCUT2D eigenvalue weighted by atomic mass is 32.2. The van der Waals surface area contributed by atoms with Crippen LogP contribution >= 0.6 is 0 Å². The van der Waals surface area contributed by atoms with Crippen molar-refractivity contribution in [2.24, 2.45) is 0 Å². The van der Waals surface area contributed by atoms with Gasteiger partial charge >= 0.3 is 6.18 Å². The highest BCUT2D eigenvalue weighted by Crippen LogP contribution is 2.36. The third kappa shape index (κ3) is 4.63. The van der Waals surface area contributed by atoms with E-state index in [1.807, 2.05) is 32.0 Å². The highest BCUT2D eigenvalue weighted by Gasteiger charge is 2.30. The summed E-state index contributed by atoms with van der Waals surface area (Å²) < 4.78 is 66.2. The first-order valence-corrected chi connectivity index (χ1v) is 11.4. The van der Waals surface area contributed by atoms with E-state index in [0.717, 1.165) is 41.0 Å². The number of anilines is 2. The quantitative estimate of drug-likeness (QED) is 0.485. The Kier molecular flexibility index (Phi) is 5.53. The van der Waals surface area contributed by atoms with Crippen molar-refractivity contribution < 1.29 is 26.4 Å². The molecule has 33 heavy (non-hydrogen) atoms. The Morgan fingerprint density at radius 1 is 0.939 bits per heavy atom. The first-order chi connectivity index (χ1) is 15.4. The highest BCUT2D eigenvalue weighted by molar-refractivity contribution is 7.92. The number of hydrogen-bond donors (Lipinski definition) is 2. The van der Waals surface area contributed by atoms with Crippen molar-refractivity contribution in [3.63, 3.8) is 0 Å². The van der Waals surface area contributed by atoms with Gasteiger partial charge in [-0.2, -0.15) is 13.2 Å². The molecule has 0 fully saturated rings. The Labute approximate surface area is 189 Å². The third-order valence-corrected chi connectivity index (χ3v) is 6.66. The molecule has 5 nitrogen and oxygen atoms in total. The zero-order valence-electron chi connectivity index (χ0n) is 17.6. The predicted octanol–water partition coefficient (Wildman–Crippen LogP) is 5.62. The summed E-state index contributed by atoms with van der Waals surface area (Å²) in [5.74, 6) is -0.351. The molecule has 3 aromatic rings. The van der Waals surface area contributed by atoms with Crippen molar-refractivity contribution in [1.82, 2.24) is 0 Å². The van der Waals surface area contributed by atoms with Crippen molar-refractivity contribution in [2.45, 2.75) is 24.9 Å². The van der Waals surface area contributed by atoms with Crippen LogP contribution in [-0.4, -0.2) is 14.3 Å². The van der Waals surface area contributed by atoms with E-state index in [1.54, 1.807) is 6.08 Å². The Hall–Kier alpha value is -3.59. The van der Waals surface area contributed by atoms with Crippen LogP contribution in [0.4, 0.5) is 24.5 Å². The molecule has 170 valence electrons. The summed E-state index contributed by atoms with van der Waals surface area (Å²) in [6.07, 6.45) is -2.81. The molecule has 4 rings (SSSR count). The fraction of sp³-hybridized carbons (Fsp3) is 0.125. The first kappa shape index (κ1) is 22.6. The van der Waals surface area contributed by atoms with E-state index in [1.165, 1.54) is 18.2 Å². The molecule has 0 aliphatic carbocycles. The van der Waals surface area contributed by atoms with Crippen LogP contribution < -0.4 is 10.0 Å². The van der Waals surface area contributed by atoms with Crippen molar-refractivity contribution in [3.05, 3.63) is 88.5 Å². The van der Waals surface area contributed by atoms with Gasteiger partial charge in [-0.25, -0.2) is 8.42 Å². The second kappa shape index (κ2) is 8.08. The van der Waals surface area contributed by atoms with E-state index in [2.05, 4.69) is 10.0 Å². The van der Waals surface area contributed by atoms with Gasteiger partial charge in [0, 0.05) is 22.5 Å². The molecule has 0 bridgehead atoms. The van der Waals surface area contributed by atoms with Gasteiger partial charge in [0.25, 0.3) is 15.9 Å². The van der Waals surface area contributed by atoms with Crippen LogP contribution in [0.1, 0.15) is 27.8 Å². The molecule has 0 radical (unpaired) electrons. The molecule has 1 aliphatic rings. The number of alkyl halides is 3. The molecule has 1 amide bonds. The van der Waals surface area contributed by atoms with E-state index >= 15 is 0 Å². The minimum atomic E-state index is -4.52. The Balaban J connectivity index is 1.68. The number of sulfonamides is 1. The Morgan fingerprint density at radius 3 is 2.30 bits per heavy atom. The Bertz CT molecular complexity index is 1390. The summed E-state index contributed by atoms with van der Waals surface area (Å²) in [6.45, 7) is 3.84. The number of fused-ring (bicyclic) bond motifs is 1. The SMILES string of the molecule is Cc1ccc(C)c(C=C2C(=O)Nc3ccc(S(=O)(=O)Nc4ccc(C(F)(F)F)cc4)cc32)c1. The number of carbonyl (C=O) groups excluding carboxylic acids is 1. The summed E-state index contributed by atoms with van der Waals surface area (Å²) >= 11 is 0. The van der Waals surface area contributed by atoms with Gasteiger partial charge in [0.15, 0.2) is 0 Å². The fourth-order valence-electron chi connectivity index (χ4n) is 3.49. The molecule has 1 heterocycles. The lowest BCUT2D eigenvalue weighted by molar-refractivity contribution is -0.137. The third-order valence-electron chi connectivity index (χ3n) is 5.28. The smallest absolute Gasteiger partial charge is 0.321 e. The van der Waals surface area contributed by atoms with E-state index in [0.29, 0.717) is 16.8 Å². The average Bonchev–Trinajstić information content (AvgIpc) is 3.04. The number of benzene rings is 3. The van der Waals surface area contributed by atoms with Crippen LogP contribution in [0.25, 0.3) is 11.6 Å². The van der Waals surface area contributed by atoms with Gasteiger partial charge in [-0.15, -0.1) is 0 Å². The summed E-state index contributed by atoms with van der Waals surface area (Å²) in [6, 6.07) is 13.7. The number of rotatable bonds is 4. The topological polar surface area (TPSA) is 75.3 Å². The molecule has 0 atom stereocenters. The van der Waals surface area contributed by atoms with Crippen LogP contribution in [-0.2, 0) is 21.0 Å². The zero-order chi connectivity index (χ0) is 24.0. The number of amides is 1. The number of halogens is 3. The fourth-order valence-corrected chi connectivity index (χ4v) is 4.57. The molecule has 0 saturated heterocycles. The van der Waals surface area contributed by atoms with E-state index in [4.69, 9.17) is 0 Å². The molecular formula is C24H19F3N2O3S. The van der Waals surface area contributed by atoms with Crippen LogP contribution in [0, 0.1) is 13.8 Å². The van der Waals surface area contributed by atoms with Crippen molar-refractivity contribution in [2.75, 3.05) is 10.0 Å². The first-order valence-electron chi connectivity index (χ1n) is 9.89. The van der Waals surface area contributed by atoms with Gasteiger partial charge in [0.1, 0.15) is 0 Å². The van der Waals surface area contributed by atoms with Gasteiger partial charge in [-0.1, -0.05) is 23.8 Å². The second-order valence-corrected chi connectivity index (χ2v) is 9.44. The van der Waals surface area contributed by atoms with E-state index in [9.17, 15) is 26.4 Å². The van der Waals surface area contributed by atoms with E-state index < -0.39 is 21.8 Å². The Morgan fingerprint density at radius 2 is 1.64 bits per heavy atom. The maximum Gasteiger partial charge on any atom is 0.416 e. The van der Waals surface area contributed by atoms with E-state index in [-0.39, 0.29) is 16.5 Å². The normalized spacial score (nSPS) is 14.8. The lowest BCUT2D eigenvalue weighted by Crippen LogP contribution is -2.13. The molecule has 3 aromatic carbocycles. The number of carbonyl (C=O) groups is 1. The lowest BCUT2D eigenvalue weighted by Gasteiger charge is -2.11. The second-order valence-electron chi connectivity index (χ2n) is 7.76. The molecule has 0 spiro atoms. The summed E-state index contributed by atoms with van der Waals surface area (Å²) in [4.78, 5) is 12.4. The largest absolute Gasteiger partial charge is 0.416 e. The van der Waals surface area contributed by atoms with Crippen LogP contribution in [0.15, 0.2) is 65.6 Å². The number of aryl methyl sites for hydroxylation is 2. The lowest BCUT2D eigenvalue weighted by atomic mass is 10.00. The summed E-state index contributed by atoms with van der Waals surface area (Å²) in [5, 5.41) is 2.72. The van der Waals surface area contributed by atoms with Gasteiger partial charge in [0.05, 0.1) is 10.5 Å². The molecule has 1 aliphatic heterocycles. The monoisotopic (exact) mass is 472 g/mol. The predicted molar refractivity (Wildman–Crippen MR) is 121 cm³/mol. The number of hydrogen-bond acceptors (Lipinski definition) is 3. The van der Waals surface area contributed by atoms with Gasteiger partial charge in [-0.05, 0) is 73.5 Å². The number of nitrogens with one attached hydrogen (secondary N) is 2. The molecule has 2 N–H and O–H groups in total. The summed E-state index contributed by atoms with van der Waals surface area (Å²) in [7, 11) is -4.11. The van der Waals surface area contributed by atoms with Crippen LogP contribution in [0.5, 0.6) is 0 Å². The van der Waals surface area contributed by atoms with Crippen molar-refractivity contribution in [3.8, 4) is 0 Å². The molecule has 0 aromatic heterocycles. The van der Waals surface area contributed by atoms with Crippen LogP contribution in [0.3, 0.4) is 0 Å². The van der Waals surface area contributed by atoms with Crippen molar-refractivity contribution in [1.29, 1.82) is 0 Å². The maximum absolute atomic E-state index is 12.9. The maximum atomic E-state index is 12.9. The molecule has 0 saturated carbocycles. The summed E-state index contributed by atoms with van der Waals surface area (Å²) in [5.41, 5.74) is 3.15. The van der Waals surface area contributed by atoms with Gasteiger partial charge in [0.2, 0.25) is 0 Å². The standard InChI is InChI=1S/C24H19F3N2O3S/c1-14-3-4-15(2)16(11-14)12-21-20-13-19(9-10-22(20)28-23(21)30)33(31,32)29-18-7-5-17(6-8-18)24(25,26)27/h3-13,29H,1-2H3,(H,28,30). The minimum absolute atomic E-state index is 0.0103. The molecule has 9 heteroatoms.